The second-order valence-corrected chi connectivity index (χ2v) is 24.0. The number of unbranched alkanes of at least 4 members (excludes halogenated alkanes) is 1. The van der Waals surface area contributed by atoms with Crippen LogP contribution in [0.3, 0.4) is 0 Å². The summed E-state index contributed by atoms with van der Waals surface area (Å²) in [6, 6.07) is 6.97. The Kier molecular flexibility index (Phi) is 22.9. The van der Waals surface area contributed by atoms with Gasteiger partial charge in [-0.15, -0.1) is 35.4 Å². The molecule has 0 aliphatic carbocycles. The molecule has 0 bridgehead atoms. The molecule has 9 heteroatoms. The lowest BCUT2D eigenvalue weighted by Gasteiger charge is -2.41. The normalized spacial score (nSPS) is 14.6. The van der Waals surface area contributed by atoms with Gasteiger partial charge in [-0.3, -0.25) is 4.79 Å². The zero-order valence-corrected chi connectivity index (χ0v) is 31.6. The lowest BCUT2D eigenvalue weighted by Crippen LogP contribution is -2.48. The minimum atomic E-state index is -1.80. The summed E-state index contributed by atoms with van der Waals surface area (Å²) in [6.07, 6.45) is 4.02. The van der Waals surface area contributed by atoms with Crippen LogP contribution in [0.2, 0.25) is 36.3 Å². The Balaban J connectivity index is 6.03. The summed E-state index contributed by atoms with van der Waals surface area (Å²) in [6.45, 7) is 18.5. The maximum absolute atomic E-state index is 11.4. The first kappa shape index (κ1) is 38.8. The quantitative estimate of drug-likeness (QED) is 0.0212. The fraction of sp³-hybridized carbons (Fsp3) is 0.897. The fourth-order valence-corrected chi connectivity index (χ4v) is 14.3. The molecule has 4 nitrogen and oxygen atoms in total. The molecule has 0 radical (unpaired) electrons. The van der Waals surface area contributed by atoms with Gasteiger partial charge in [-0.2, -0.15) is 0 Å². The van der Waals surface area contributed by atoms with E-state index in [1.54, 1.807) is 0 Å². The number of esters is 1. The predicted molar refractivity (Wildman–Crippen MR) is 185 cm³/mol. The predicted octanol–water partition coefficient (Wildman–Crippen LogP) is 9.53. The van der Waals surface area contributed by atoms with Crippen molar-refractivity contribution in [1.82, 2.24) is 0 Å². The van der Waals surface area contributed by atoms with Crippen molar-refractivity contribution in [3.8, 4) is 11.8 Å². The number of carbonyl (C=O) groups excluding carboxylic acids is 1. The third kappa shape index (κ3) is 14.1. The molecule has 3 atom stereocenters. The number of hydrogen-bond acceptors (Lipinski definition) is 6. The molecule has 0 fully saturated rings. The van der Waals surface area contributed by atoms with E-state index in [1.165, 1.54) is 25.2 Å². The van der Waals surface area contributed by atoms with Crippen molar-refractivity contribution in [2.75, 3.05) is 18.6 Å². The molecule has 0 saturated carbocycles. The molecule has 0 rings (SSSR count). The van der Waals surface area contributed by atoms with Crippen LogP contribution in [0.25, 0.3) is 0 Å². The molecule has 224 valence electrons. The molecule has 0 spiro atoms. The Morgan fingerprint density at radius 1 is 0.789 bits per heavy atom. The van der Waals surface area contributed by atoms with Crippen molar-refractivity contribution in [1.29, 1.82) is 0 Å². The average Bonchev–Trinajstić information content (AvgIpc) is 2.94. The topological polar surface area (TPSA) is 44.8 Å². The fourth-order valence-electron chi connectivity index (χ4n) is 4.76. The van der Waals surface area contributed by atoms with Gasteiger partial charge >= 0.3 is 5.97 Å². The first-order chi connectivity index (χ1) is 18.2. The first-order valence-corrected chi connectivity index (χ1v) is 23.3. The highest BCUT2D eigenvalue weighted by Gasteiger charge is 2.40. The highest BCUT2D eigenvalue weighted by Crippen LogP contribution is 2.38. The van der Waals surface area contributed by atoms with Crippen LogP contribution in [0.4, 0.5) is 0 Å². The van der Waals surface area contributed by atoms with E-state index in [2.05, 4.69) is 89.8 Å². The van der Waals surface area contributed by atoms with Crippen LogP contribution in [0.5, 0.6) is 0 Å². The van der Waals surface area contributed by atoms with E-state index in [-0.39, 0.29) is 18.2 Å². The van der Waals surface area contributed by atoms with Gasteiger partial charge in [-0.05, 0) is 54.2 Å². The molecule has 0 aromatic carbocycles. The van der Waals surface area contributed by atoms with Crippen LogP contribution in [0, 0.1) is 11.8 Å². The zero-order chi connectivity index (χ0) is 29.0. The molecular weight excluding hydrogens is 660 g/mol. The SMILES string of the molecule is CCSC(SCC)[C@@H](C[C@H](O[Si](CC)(CC)CC)[C@H](I)CC#CCCCC(=O)OC)O[Si](CC)(CC)CC. The zero-order valence-electron chi connectivity index (χ0n) is 25.8. The summed E-state index contributed by atoms with van der Waals surface area (Å²) in [5, 5.41) is 0. The molecule has 0 N–H and O–H groups in total. The molecule has 0 aromatic rings. The maximum atomic E-state index is 11.4. The molecule has 0 saturated heterocycles. The van der Waals surface area contributed by atoms with Gasteiger partial charge in [-0.25, -0.2) is 0 Å². The van der Waals surface area contributed by atoms with Gasteiger partial charge in [0.2, 0.25) is 0 Å². The Bertz CT molecular complexity index is 659. The van der Waals surface area contributed by atoms with Crippen LogP contribution in [0.1, 0.15) is 87.5 Å². The highest BCUT2D eigenvalue weighted by atomic mass is 127. The standard InChI is InChI=1S/C29H57IO4S2Si2/c1-10-35-29(36-11-2)27(34-38(15-6,16-7)17-8)24-26(33-37(12-3,13-4)14-5)25(30)22-20-18-19-21-23-28(31)32-9/h25-27,29H,10-17,19,21-24H2,1-9H3/t25-,26+,27-/m1/s1. The van der Waals surface area contributed by atoms with Crippen molar-refractivity contribution in [2.45, 2.75) is 144 Å². The Labute approximate surface area is 260 Å². The molecule has 0 aliphatic rings. The summed E-state index contributed by atoms with van der Waals surface area (Å²) >= 11 is 6.70. The number of methoxy groups -OCH3 is 1. The van der Waals surface area contributed by atoms with Crippen molar-refractivity contribution in [3.05, 3.63) is 0 Å². The summed E-state index contributed by atoms with van der Waals surface area (Å²) in [5.41, 5.74) is 0. The molecular formula is C29H57IO4S2Si2. The molecule has 38 heavy (non-hydrogen) atoms. The molecule has 0 aliphatic heterocycles. The van der Waals surface area contributed by atoms with Crippen LogP contribution >= 0.6 is 46.1 Å². The summed E-state index contributed by atoms with van der Waals surface area (Å²) < 4.78 is 20.0. The average molecular weight is 717 g/mol. The minimum absolute atomic E-state index is 0.145. The Morgan fingerprint density at radius 2 is 1.26 bits per heavy atom. The van der Waals surface area contributed by atoms with E-state index < -0.39 is 16.6 Å². The van der Waals surface area contributed by atoms with Gasteiger partial charge in [0.15, 0.2) is 16.6 Å². The van der Waals surface area contributed by atoms with Gasteiger partial charge < -0.3 is 13.6 Å². The van der Waals surface area contributed by atoms with Crippen LogP contribution in [-0.4, -0.2) is 61.9 Å². The summed E-state index contributed by atoms with van der Waals surface area (Å²) in [5.74, 6) is 8.76. The first-order valence-electron chi connectivity index (χ1n) is 14.9. The number of carbonyl (C=O) groups is 1. The van der Waals surface area contributed by atoms with E-state index in [0.29, 0.717) is 14.9 Å². The second-order valence-electron chi connectivity index (χ2n) is 9.82. The van der Waals surface area contributed by atoms with Crippen LogP contribution in [0.15, 0.2) is 0 Å². The van der Waals surface area contributed by atoms with E-state index >= 15 is 0 Å². The Morgan fingerprint density at radius 3 is 1.68 bits per heavy atom. The van der Waals surface area contributed by atoms with Crippen molar-refractivity contribution in [2.24, 2.45) is 0 Å². The van der Waals surface area contributed by atoms with E-state index in [9.17, 15) is 4.79 Å². The maximum Gasteiger partial charge on any atom is 0.305 e. The summed E-state index contributed by atoms with van der Waals surface area (Å²) in [7, 11) is -2.14. The van der Waals surface area contributed by atoms with Crippen molar-refractivity contribution >= 4 is 68.7 Å². The lowest BCUT2D eigenvalue weighted by atomic mass is 10.1. The van der Waals surface area contributed by atoms with E-state index in [1.807, 2.05) is 23.5 Å². The molecule has 0 aromatic heterocycles. The minimum Gasteiger partial charge on any atom is -0.469 e. The second kappa shape index (κ2) is 22.4. The third-order valence-electron chi connectivity index (χ3n) is 7.83. The largest absolute Gasteiger partial charge is 0.469 e. The van der Waals surface area contributed by atoms with Gasteiger partial charge in [0.05, 0.1) is 23.9 Å². The Hall–Kier alpha value is 0.814. The third-order valence-corrected chi connectivity index (χ3v) is 21.2. The lowest BCUT2D eigenvalue weighted by molar-refractivity contribution is -0.140. The highest BCUT2D eigenvalue weighted by molar-refractivity contribution is 14.1. The number of thioether (sulfide) groups is 2. The van der Waals surface area contributed by atoms with Gasteiger partial charge in [-0.1, -0.05) is 78.0 Å². The number of alkyl halides is 1. The smallest absolute Gasteiger partial charge is 0.305 e. The van der Waals surface area contributed by atoms with Crippen LogP contribution < -0.4 is 0 Å². The summed E-state index contributed by atoms with van der Waals surface area (Å²) in [4.78, 5) is 11.4. The van der Waals surface area contributed by atoms with Gasteiger partial charge in [0.25, 0.3) is 0 Å². The van der Waals surface area contributed by atoms with Gasteiger partial charge in [0, 0.05) is 29.6 Å². The molecule has 0 unspecified atom stereocenters. The molecule has 0 heterocycles. The monoisotopic (exact) mass is 716 g/mol. The number of rotatable bonds is 22. The van der Waals surface area contributed by atoms with E-state index in [4.69, 9.17) is 13.6 Å². The van der Waals surface area contributed by atoms with Crippen molar-refractivity contribution < 1.29 is 18.4 Å². The number of halogens is 1. The molecule has 0 amide bonds. The number of hydrogen-bond donors (Lipinski definition) is 0. The van der Waals surface area contributed by atoms with E-state index in [0.717, 1.165) is 55.3 Å². The van der Waals surface area contributed by atoms with Crippen molar-refractivity contribution in [3.63, 3.8) is 0 Å². The van der Waals surface area contributed by atoms with Crippen LogP contribution in [-0.2, 0) is 18.4 Å². The van der Waals surface area contributed by atoms with Gasteiger partial charge in [0.1, 0.15) is 0 Å². The number of ether oxygens (including phenoxy) is 1.